The SMILES string of the molecule is C=CNC(N)CN(CCCCc1ccccc1)C(=O)CCN(C)NCc1ccc(OC)cc1. The third-order valence-corrected chi connectivity index (χ3v) is 5.46. The van der Waals surface area contributed by atoms with Crippen molar-refractivity contribution in [3.8, 4) is 5.75 Å². The molecule has 0 radical (unpaired) electrons. The lowest BCUT2D eigenvalue weighted by Gasteiger charge is -2.27. The topological polar surface area (TPSA) is 82.9 Å². The lowest BCUT2D eigenvalue weighted by Crippen LogP contribution is -2.48. The Morgan fingerprint density at radius 1 is 1.09 bits per heavy atom. The zero-order chi connectivity index (χ0) is 23.9. The van der Waals surface area contributed by atoms with Gasteiger partial charge in [-0.3, -0.25) is 10.2 Å². The van der Waals surface area contributed by atoms with Gasteiger partial charge in [-0.1, -0.05) is 49.0 Å². The number of ether oxygens (including phenoxy) is 1. The zero-order valence-electron chi connectivity index (χ0n) is 20.0. The summed E-state index contributed by atoms with van der Waals surface area (Å²) < 4.78 is 5.19. The quantitative estimate of drug-likeness (QED) is 0.206. The summed E-state index contributed by atoms with van der Waals surface area (Å²) in [5.41, 5.74) is 11.9. The molecule has 1 atom stereocenters. The maximum atomic E-state index is 12.9. The Hall–Kier alpha value is -2.87. The molecule has 7 nitrogen and oxygen atoms in total. The van der Waals surface area contributed by atoms with E-state index >= 15 is 0 Å². The number of nitrogens with one attached hydrogen (secondary N) is 2. The number of carbonyl (C=O) groups excluding carboxylic acids is 1. The molecule has 180 valence electrons. The van der Waals surface area contributed by atoms with Crippen LogP contribution in [0.1, 0.15) is 30.4 Å². The molecular weight excluding hydrogens is 414 g/mol. The fraction of sp³-hybridized carbons (Fsp3) is 0.423. The van der Waals surface area contributed by atoms with Crippen LogP contribution in [0.4, 0.5) is 0 Å². The monoisotopic (exact) mass is 453 g/mol. The Labute approximate surface area is 198 Å². The van der Waals surface area contributed by atoms with Gasteiger partial charge in [-0.05, 0) is 48.7 Å². The van der Waals surface area contributed by atoms with Crippen molar-refractivity contribution in [2.24, 2.45) is 5.73 Å². The first-order valence-electron chi connectivity index (χ1n) is 11.5. The first-order valence-corrected chi connectivity index (χ1v) is 11.5. The molecule has 2 aromatic carbocycles. The predicted octanol–water partition coefficient (Wildman–Crippen LogP) is 2.89. The summed E-state index contributed by atoms with van der Waals surface area (Å²) in [5, 5.41) is 4.93. The molecule has 4 N–H and O–H groups in total. The minimum absolute atomic E-state index is 0.106. The molecule has 0 saturated carbocycles. The zero-order valence-corrected chi connectivity index (χ0v) is 20.0. The lowest BCUT2D eigenvalue weighted by molar-refractivity contribution is -0.132. The van der Waals surface area contributed by atoms with E-state index in [0.29, 0.717) is 32.6 Å². The maximum Gasteiger partial charge on any atom is 0.224 e. The molecular formula is C26H39N5O2. The van der Waals surface area contributed by atoms with Gasteiger partial charge in [0, 0.05) is 33.1 Å². The molecule has 33 heavy (non-hydrogen) atoms. The van der Waals surface area contributed by atoms with Crippen LogP contribution in [0, 0.1) is 0 Å². The van der Waals surface area contributed by atoms with Gasteiger partial charge in [0.15, 0.2) is 0 Å². The van der Waals surface area contributed by atoms with Crippen LogP contribution >= 0.6 is 0 Å². The molecule has 0 heterocycles. The number of carbonyl (C=O) groups is 1. The van der Waals surface area contributed by atoms with E-state index < -0.39 is 0 Å². The number of hydrazine groups is 1. The summed E-state index contributed by atoms with van der Waals surface area (Å²) in [5.74, 6) is 0.944. The van der Waals surface area contributed by atoms with E-state index in [-0.39, 0.29) is 12.1 Å². The van der Waals surface area contributed by atoms with Crippen molar-refractivity contribution >= 4 is 5.91 Å². The number of amides is 1. The van der Waals surface area contributed by atoms with Crippen LogP contribution in [-0.2, 0) is 17.8 Å². The lowest BCUT2D eigenvalue weighted by atomic mass is 10.1. The Bertz CT molecular complexity index is 813. The van der Waals surface area contributed by atoms with Gasteiger partial charge in [0.05, 0.1) is 19.8 Å². The number of unbranched alkanes of at least 4 members (excludes halogenated alkanes) is 1. The first kappa shape index (κ1) is 26.4. The van der Waals surface area contributed by atoms with Crippen LogP contribution in [0.2, 0.25) is 0 Å². The number of methoxy groups -OCH3 is 1. The van der Waals surface area contributed by atoms with Gasteiger partial charge in [-0.15, -0.1) is 0 Å². The molecule has 7 heteroatoms. The number of nitrogens with two attached hydrogens (primary N) is 1. The number of aryl methyl sites for hydroxylation is 1. The van der Waals surface area contributed by atoms with E-state index in [1.54, 1.807) is 13.3 Å². The summed E-state index contributed by atoms with van der Waals surface area (Å²) in [6, 6.07) is 18.4. The van der Waals surface area contributed by atoms with Crippen molar-refractivity contribution in [1.29, 1.82) is 0 Å². The van der Waals surface area contributed by atoms with Crippen molar-refractivity contribution in [3.63, 3.8) is 0 Å². The van der Waals surface area contributed by atoms with Crippen LogP contribution in [0.15, 0.2) is 67.4 Å². The Balaban J connectivity index is 1.77. The van der Waals surface area contributed by atoms with Gasteiger partial charge in [-0.2, -0.15) is 0 Å². The van der Waals surface area contributed by atoms with Gasteiger partial charge < -0.3 is 20.7 Å². The summed E-state index contributed by atoms with van der Waals surface area (Å²) in [6.07, 6.45) is 4.64. The third kappa shape index (κ3) is 10.5. The first-order chi connectivity index (χ1) is 16.0. The number of benzene rings is 2. The smallest absolute Gasteiger partial charge is 0.224 e. The minimum atomic E-state index is -0.327. The van der Waals surface area contributed by atoms with E-state index in [0.717, 1.165) is 30.6 Å². The average Bonchev–Trinajstić information content (AvgIpc) is 2.84. The number of hydrogen-bond donors (Lipinski definition) is 3. The third-order valence-electron chi connectivity index (χ3n) is 5.46. The predicted molar refractivity (Wildman–Crippen MR) is 134 cm³/mol. The molecule has 0 aromatic heterocycles. The Morgan fingerprint density at radius 3 is 2.48 bits per heavy atom. The highest BCUT2D eigenvalue weighted by Crippen LogP contribution is 2.11. The number of hydrogen-bond acceptors (Lipinski definition) is 6. The summed E-state index contributed by atoms with van der Waals surface area (Å²) in [4.78, 5) is 14.8. The van der Waals surface area contributed by atoms with Gasteiger partial charge >= 0.3 is 0 Å². The highest BCUT2D eigenvalue weighted by molar-refractivity contribution is 5.76. The van der Waals surface area contributed by atoms with E-state index in [1.165, 1.54) is 5.56 Å². The molecule has 0 aliphatic heterocycles. The second-order valence-corrected chi connectivity index (χ2v) is 8.11. The maximum absolute atomic E-state index is 12.9. The largest absolute Gasteiger partial charge is 0.497 e. The van der Waals surface area contributed by atoms with Crippen molar-refractivity contribution in [3.05, 3.63) is 78.5 Å². The van der Waals surface area contributed by atoms with E-state index in [4.69, 9.17) is 10.5 Å². The standard InChI is InChI=1S/C26H39N5O2/c1-4-28-25(27)21-31(18-9-8-12-22-10-6-5-7-11-22)26(32)17-19-30(2)29-20-23-13-15-24(33-3)16-14-23/h4-7,10-11,13-16,25,28-29H,1,8-9,12,17-21,27H2,2-3H3. The van der Waals surface area contributed by atoms with Crippen LogP contribution in [0.3, 0.4) is 0 Å². The van der Waals surface area contributed by atoms with Crippen molar-refractivity contribution in [2.75, 3.05) is 33.8 Å². The average molecular weight is 454 g/mol. The molecule has 2 rings (SSSR count). The number of nitrogens with zero attached hydrogens (tertiary/aromatic N) is 2. The second kappa shape index (κ2) is 15.1. The molecule has 0 aliphatic rings. The molecule has 2 aromatic rings. The van der Waals surface area contributed by atoms with E-state index in [9.17, 15) is 4.79 Å². The summed E-state index contributed by atoms with van der Waals surface area (Å²) in [6.45, 7) is 6.11. The Kier molecular flexibility index (Phi) is 12.0. The molecule has 0 aliphatic carbocycles. The van der Waals surface area contributed by atoms with Crippen LogP contribution in [0.25, 0.3) is 0 Å². The highest BCUT2D eigenvalue weighted by Gasteiger charge is 2.16. The van der Waals surface area contributed by atoms with Crippen molar-refractivity contribution < 1.29 is 9.53 Å². The number of rotatable bonds is 16. The van der Waals surface area contributed by atoms with Crippen LogP contribution in [0.5, 0.6) is 5.75 Å². The summed E-state index contributed by atoms with van der Waals surface area (Å²) >= 11 is 0. The molecule has 0 spiro atoms. The van der Waals surface area contributed by atoms with E-state index in [1.807, 2.05) is 47.3 Å². The van der Waals surface area contributed by atoms with E-state index in [2.05, 4.69) is 41.6 Å². The van der Waals surface area contributed by atoms with Crippen LogP contribution < -0.4 is 21.2 Å². The van der Waals surface area contributed by atoms with Gasteiger partial charge in [-0.25, -0.2) is 5.01 Å². The summed E-state index contributed by atoms with van der Waals surface area (Å²) in [7, 11) is 3.61. The fourth-order valence-corrected chi connectivity index (χ4v) is 3.51. The molecule has 0 fully saturated rings. The Morgan fingerprint density at radius 2 is 1.82 bits per heavy atom. The van der Waals surface area contributed by atoms with Gasteiger partial charge in [0.2, 0.25) is 5.91 Å². The minimum Gasteiger partial charge on any atom is -0.497 e. The molecule has 1 unspecified atom stereocenters. The highest BCUT2D eigenvalue weighted by atomic mass is 16.5. The molecule has 0 saturated heterocycles. The van der Waals surface area contributed by atoms with Gasteiger partial charge in [0.1, 0.15) is 5.75 Å². The van der Waals surface area contributed by atoms with Crippen molar-refractivity contribution in [1.82, 2.24) is 20.7 Å². The second-order valence-electron chi connectivity index (χ2n) is 8.11. The molecule has 0 bridgehead atoms. The normalized spacial score (nSPS) is 11.8. The van der Waals surface area contributed by atoms with Gasteiger partial charge in [0.25, 0.3) is 0 Å². The van der Waals surface area contributed by atoms with Crippen LogP contribution in [-0.4, -0.2) is 55.8 Å². The molecule has 1 amide bonds. The fourth-order valence-electron chi connectivity index (χ4n) is 3.51. The van der Waals surface area contributed by atoms with Crippen molar-refractivity contribution in [2.45, 2.75) is 38.4 Å².